The number of likely N-dealkylation sites (N-methyl/N-ethyl adjacent to an activating group) is 1. The van der Waals surface area contributed by atoms with Crippen LogP contribution in [0, 0.1) is 6.42 Å². The van der Waals surface area contributed by atoms with Crippen molar-refractivity contribution in [3.8, 4) is 0 Å². The molecule has 0 saturated heterocycles. The number of carbonyl (C=O) groups is 2. The van der Waals surface area contributed by atoms with Crippen LogP contribution in [0.15, 0.2) is 48.5 Å². The van der Waals surface area contributed by atoms with Crippen molar-refractivity contribution in [2.45, 2.75) is 36.6 Å². The molecule has 150 valence electrons. The first-order valence-corrected chi connectivity index (χ1v) is 10.1. The minimum absolute atomic E-state index is 0.158. The Morgan fingerprint density at radius 2 is 1.83 bits per heavy atom. The molecule has 0 aliphatic heterocycles. The van der Waals surface area contributed by atoms with Crippen LogP contribution in [0.3, 0.4) is 0 Å². The fourth-order valence-electron chi connectivity index (χ4n) is 4.41. The van der Waals surface area contributed by atoms with Gasteiger partial charge in [-0.25, -0.2) is 0 Å². The van der Waals surface area contributed by atoms with Crippen molar-refractivity contribution < 1.29 is 9.59 Å². The Labute approximate surface area is 172 Å². The van der Waals surface area contributed by atoms with Crippen molar-refractivity contribution in [3.63, 3.8) is 0 Å². The zero-order valence-electron chi connectivity index (χ0n) is 16.9. The van der Waals surface area contributed by atoms with Gasteiger partial charge in [-0.1, -0.05) is 36.4 Å². The molecular weight excluding hydrogens is 362 g/mol. The third-order valence-electron chi connectivity index (χ3n) is 5.98. The fraction of sp³-hybridized carbons (Fsp3) is 0.375. The topological polar surface area (TPSA) is 75.4 Å². The van der Waals surface area contributed by atoms with E-state index in [1.165, 1.54) is 18.4 Å². The zero-order valence-corrected chi connectivity index (χ0v) is 16.9. The van der Waals surface area contributed by atoms with E-state index in [0.717, 1.165) is 17.7 Å². The summed E-state index contributed by atoms with van der Waals surface area (Å²) >= 11 is 0. The fourth-order valence-corrected chi connectivity index (χ4v) is 4.41. The number of fused-ring (bicyclic) bond motifs is 1. The van der Waals surface area contributed by atoms with Crippen molar-refractivity contribution in [2.24, 2.45) is 5.73 Å². The minimum Gasteiger partial charge on any atom is -0.369 e. The first kappa shape index (κ1) is 19.6. The Morgan fingerprint density at radius 1 is 1.14 bits per heavy atom. The standard InChI is InChI=1S/C24H27N3O2/c1-27(2)15-24(11-12-24)18-9-7-16(8-10-18)23(29)26-19-13-17-5-3-4-6-20(17)21(14-19)22(25)28/h3-10,19,21H,11-13,15H2,1-2H3,(H2,25,28)(H,26,29). The highest BCUT2D eigenvalue weighted by molar-refractivity contribution is 5.95. The first-order valence-electron chi connectivity index (χ1n) is 10.1. The van der Waals surface area contributed by atoms with Gasteiger partial charge in [0.25, 0.3) is 5.91 Å². The molecule has 5 heteroatoms. The van der Waals surface area contributed by atoms with Gasteiger partial charge in [-0.3, -0.25) is 9.59 Å². The second-order valence-electron chi connectivity index (χ2n) is 8.53. The lowest BCUT2D eigenvalue weighted by molar-refractivity contribution is -0.119. The Bertz CT molecular complexity index is 916. The molecule has 2 aromatic carbocycles. The van der Waals surface area contributed by atoms with Crippen molar-refractivity contribution in [1.29, 1.82) is 0 Å². The lowest BCUT2D eigenvalue weighted by Crippen LogP contribution is -2.43. The summed E-state index contributed by atoms with van der Waals surface area (Å²) in [5.74, 6) is -1.21. The first-order chi connectivity index (χ1) is 13.9. The van der Waals surface area contributed by atoms with Crippen LogP contribution in [-0.2, 0) is 16.6 Å². The number of rotatable bonds is 6. The van der Waals surface area contributed by atoms with E-state index >= 15 is 0 Å². The van der Waals surface area contributed by atoms with E-state index < -0.39 is 11.8 Å². The predicted octanol–water partition coefficient (Wildman–Crippen LogP) is 2.28. The molecule has 2 atom stereocenters. The van der Waals surface area contributed by atoms with E-state index in [1.807, 2.05) is 36.4 Å². The van der Waals surface area contributed by atoms with Gasteiger partial charge in [-0.15, -0.1) is 0 Å². The summed E-state index contributed by atoms with van der Waals surface area (Å²) < 4.78 is 0. The minimum atomic E-state index is -0.603. The molecule has 0 aromatic heterocycles. The van der Waals surface area contributed by atoms with Crippen LogP contribution in [0.1, 0.15) is 45.8 Å². The maximum absolute atomic E-state index is 12.8. The van der Waals surface area contributed by atoms with Crippen molar-refractivity contribution in [3.05, 3.63) is 77.2 Å². The van der Waals surface area contributed by atoms with Crippen LogP contribution in [0.5, 0.6) is 0 Å². The van der Waals surface area contributed by atoms with Gasteiger partial charge in [-0.2, -0.15) is 0 Å². The molecule has 0 spiro atoms. The molecule has 2 unspecified atom stereocenters. The predicted molar refractivity (Wildman–Crippen MR) is 112 cm³/mol. The zero-order chi connectivity index (χ0) is 20.6. The average molecular weight is 389 g/mol. The summed E-state index contributed by atoms with van der Waals surface area (Å²) in [4.78, 5) is 26.9. The second-order valence-corrected chi connectivity index (χ2v) is 8.53. The number of nitrogens with zero attached hydrogens (tertiary/aromatic N) is 1. The quantitative estimate of drug-likeness (QED) is 0.796. The van der Waals surface area contributed by atoms with Gasteiger partial charge in [0.15, 0.2) is 0 Å². The van der Waals surface area contributed by atoms with Crippen LogP contribution < -0.4 is 11.1 Å². The van der Waals surface area contributed by atoms with E-state index in [4.69, 9.17) is 5.73 Å². The molecule has 1 saturated carbocycles. The number of hydrogen-bond acceptors (Lipinski definition) is 3. The lowest BCUT2D eigenvalue weighted by atomic mass is 9.79. The SMILES string of the molecule is CN(C)CC1(c2ccc(C(=O)NC3[C]C(C(N)=O)c4ccccc4C3)cc2)CC1. The molecule has 2 amide bonds. The molecule has 0 bridgehead atoms. The monoisotopic (exact) mass is 389 g/mol. The van der Waals surface area contributed by atoms with Crippen LogP contribution >= 0.6 is 0 Å². The highest BCUT2D eigenvalue weighted by Gasteiger charge is 2.44. The van der Waals surface area contributed by atoms with Gasteiger partial charge < -0.3 is 16.0 Å². The maximum Gasteiger partial charge on any atom is 0.251 e. The maximum atomic E-state index is 12.8. The Hall–Kier alpha value is -2.66. The highest BCUT2D eigenvalue weighted by Crippen LogP contribution is 2.48. The molecule has 29 heavy (non-hydrogen) atoms. The van der Waals surface area contributed by atoms with E-state index in [1.54, 1.807) is 0 Å². The van der Waals surface area contributed by atoms with E-state index in [2.05, 4.69) is 42.9 Å². The second kappa shape index (κ2) is 7.64. The van der Waals surface area contributed by atoms with Gasteiger partial charge in [0.1, 0.15) is 0 Å². The molecule has 0 heterocycles. The average Bonchev–Trinajstić information content (AvgIpc) is 3.47. The summed E-state index contributed by atoms with van der Waals surface area (Å²) in [5, 5.41) is 3.00. The molecule has 5 nitrogen and oxygen atoms in total. The molecule has 3 N–H and O–H groups in total. The number of nitrogens with two attached hydrogens (primary N) is 1. The Kier molecular flexibility index (Phi) is 5.17. The molecule has 2 aromatic rings. The molecule has 2 radical (unpaired) electrons. The number of amides is 2. The van der Waals surface area contributed by atoms with Gasteiger partial charge in [0.2, 0.25) is 5.91 Å². The number of hydrogen-bond donors (Lipinski definition) is 2. The van der Waals surface area contributed by atoms with E-state index in [-0.39, 0.29) is 17.4 Å². The number of carbonyl (C=O) groups excluding carboxylic acids is 2. The van der Waals surface area contributed by atoms with Crippen molar-refractivity contribution >= 4 is 11.8 Å². The van der Waals surface area contributed by atoms with Crippen LogP contribution in [0.4, 0.5) is 0 Å². The van der Waals surface area contributed by atoms with E-state index in [9.17, 15) is 9.59 Å². The van der Waals surface area contributed by atoms with Crippen LogP contribution in [0.25, 0.3) is 0 Å². The molecule has 2 aliphatic carbocycles. The highest BCUT2D eigenvalue weighted by atomic mass is 16.2. The molecular formula is C24H27N3O2. The summed E-state index contributed by atoms with van der Waals surface area (Å²) in [6.07, 6.45) is 6.15. The number of primary amides is 1. The normalized spacial score (nSPS) is 22.0. The molecule has 1 fully saturated rings. The van der Waals surface area contributed by atoms with Crippen molar-refractivity contribution in [1.82, 2.24) is 10.2 Å². The van der Waals surface area contributed by atoms with Gasteiger partial charge in [-0.05, 0) is 62.2 Å². The summed E-state index contributed by atoms with van der Waals surface area (Å²) in [7, 11) is 4.19. The molecule has 4 rings (SSSR count). The van der Waals surface area contributed by atoms with Gasteiger partial charge >= 0.3 is 0 Å². The summed E-state index contributed by atoms with van der Waals surface area (Å²) in [5.41, 5.74) is 9.62. The Balaban J connectivity index is 1.45. The lowest BCUT2D eigenvalue weighted by Gasteiger charge is -2.29. The van der Waals surface area contributed by atoms with Crippen LogP contribution in [-0.4, -0.2) is 43.4 Å². The van der Waals surface area contributed by atoms with Crippen LogP contribution in [0.2, 0.25) is 0 Å². The molecule has 2 aliphatic rings. The summed E-state index contributed by atoms with van der Waals surface area (Å²) in [6.45, 7) is 1.03. The van der Waals surface area contributed by atoms with E-state index in [0.29, 0.717) is 12.0 Å². The smallest absolute Gasteiger partial charge is 0.251 e. The third kappa shape index (κ3) is 4.06. The number of nitrogens with one attached hydrogen (secondary N) is 1. The number of benzene rings is 2. The Morgan fingerprint density at radius 3 is 2.45 bits per heavy atom. The largest absolute Gasteiger partial charge is 0.369 e. The summed E-state index contributed by atoms with van der Waals surface area (Å²) in [6, 6.07) is 15.3. The van der Waals surface area contributed by atoms with Crippen molar-refractivity contribution in [2.75, 3.05) is 20.6 Å². The van der Waals surface area contributed by atoms with Gasteiger partial charge in [0, 0.05) is 30.0 Å². The van der Waals surface area contributed by atoms with Gasteiger partial charge in [0.05, 0.1) is 5.92 Å². The third-order valence-corrected chi connectivity index (χ3v) is 5.98.